The number of benzene rings is 2. The lowest BCUT2D eigenvalue weighted by atomic mass is 10.1. The van der Waals surface area contributed by atoms with E-state index < -0.39 is 5.97 Å². The molecule has 0 atom stereocenters. The number of carbonyl (C=O) groups excluding carboxylic acids is 1. The molecule has 2 aromatic rings. The third kappa shape index (κ3) is 4.56. The van der Waals surface area contributed by atoms with Crippen molar-refractivity contribution in [2.75, 3.05) is 6.54 Å². The third-order valence-corrected chi connectivity index (χ3v) is 5.32. The Balaban J connectivity index is 1.65. The van der Waals surface area contributed by atoms with E-state index in [1.54, 1.807) is 23.1 Å². The average Bonchev–Trinajstić information content (AvgIpc) is 2.94. The fraction of sp³-hybridized carbons (Fsp3) is 0.150. The number of thioether (sulfide) groups is 1. The van der Waals surface area contributed by atoms with Crippen molar-refractivity contribution < 1.29 is 19.4 Å². The highest BCUT2D eigenvalue weighted by Crippen LogP contribution is 2.32. The summed E-state index contributed by atoms with van der Waals surface area (Å²) in [6.45, 7) is 2.74. The largest absolute Gasteiger partial charge is 0.489 e. The summed E-state index contributed by atoms with van der Waals surface area (Å²) >= 11 is 6.51. The Hall–Kier alpha value is -2.64. The number of aromatic carboxylic acids is 1. The van der Waals surface area contributed by atoms with Crippen molar-refractivity contribution in [2.45, 2.75) is 13.5 Å². The lowest BCUT2D eigenvalue weighted by Gasteiger charge is -2.09. The summed E-state index contributed by atoms with van der Waals surface area (Å²) in [4.78, 5) is 25.4. The molecular weight excluding hydrogens is 382 g/mol. The summed E-state index contributed by atoms with van der Waals surface area (Å²) in [6.07, 6.45) is 1.81. The second-order valence-corrected chi connectivity index (χ2v) is 7.46. The van der Waals surface area contributed by atoms with Crippen LogP contribution in [0.2, 0.25) is 0 Å². The Labute approximate surface area is 166 Å². The predicted octanol–water partition coefficient (Wildman–Crippen LogP) is 4.18. The molecular formula is C20H17NO4S2. The van der Waals surface area contributed by atoms with Crippen molar-refractivity contribution >= 4 is 46.3 Å². The highest BCUT2D eigenvalue weighted by atomic mass is 32.2. The number of rotatable bonds is 6. The van der Waals surface area contributed by atoms with E-state index in [4.69, 9.17) is 22.1 Å². The van der Waals surface area contributed by atoms with Crippen LogP contribution in [0.1, 0.15) is 28.4 Å². The van der Waals surface area contributed by atoms with Gasteiger partial charge in [-0.2, -0.15) is 0 Å². The monoisotopic (exact) mass is 399 g/mol. The van der Waals surface area contributed by atoms with Crippen LogP contribution in [-0.4, -0.2) is 32.7 Å². The molecule has 0 aromatic heterocycles. The van der Waals surface area contributed by atoms with Crippen LogP contribution in [0.15, 0.2) is 53.4 Å². The number of carboxylic acid groups (broad SMARTS) is 1. The SMILES string of the molecule is CCN1C(=O)C(=Cc2ccc(OCc3cccc(C(=O)O)c3)cc2)SC1=S. The first-order valence-electron chi connectivity index (χ1n) is 8.28. The van der Waals surface area contributed by atoms with Crippen molar-refractivity contribution in [1.82, 2.24) is 4.90 Å². The zero-order valence-electron chi connectivity index (χ0n) is 14.5. The van der Waals surface area contributed by atoms with Crippen LogP contribution >= 0.6 is 24.0 Å². The Morgan fingerprint density at radius 1 is 1.26 bits per heavy atom. The van der Waals surface area contributed by atoms with Gasteiger partial charge in [-0.25, -0.2) is 4.79 Å². The molecule has 3 rings (SSSR count). The Bertz CT molecular complexity index is 922. The Kier molecular flexibility index (Phi) is 5.93. The van der Waals surface area contributed by atoms with Gasteiger partial charge in [-0.05, 0) is 48.4 Å². The van der Waals surface area contributed by atoms with Crippen LogP contribution in [0.5, 0.6) is 5.75 Å². The van der Waals surface area contributed by atoms with Crippen LogP contribution < -0.4 is 4.74 Å². The Morgan fingerprint density at radius 2 is 2.00 bits per heavy atom. The minimum Gasteiger partial charge on any atom is -0.489 e. The van der Waals surface area contributed by atoms with Gasteiger partial charge in [-0.15, -0.1) is 0 Å². The molecule has 1 saturated heterocycles. The number of nitrogens with zero attached hydrogens (tertiary/aromatic N) is 1. The highest BCUT2D eigenvalue weighted by Gasteiger charge is 2.30. The summed E-state index contributed by atoms with van der Waals surface area (Å²) in [5, 5.41) is 9.03. The first-order chi connectivity index (χ1) is 13.0. The second kappa shape index (κ2) is 8.37. The van der Waals surface area contributed by atoms with Crippen molar-refractivity contribution in [2.24, 2.45) is 0 Å². The maximum absolute atomic E-state index is 12.2. The van der Waals surface area contributed by atoms with Crippen LogP contribution in [0, 0.1) is 0 Å². The first kappa shape index (κ1) is 19.1. The summed E-state index contributed by atoms with van der Waals surface area (Å²) in [6, 6.07) is 14.0. The molecule has 138 valence electrons. The van der Waals surface area contributed by atoms with Gasteiger partial charge >= 0.3 is 5.97 Å². The molecule has 0 radical (unpaired) electrons. The second-order valence-electron chi connectivity index (χ2n) is 5.79. The molecule has 1 N–H and O–H groups in total. The molecule has 0 saturated carbocycles. The van der Waals surface area contributed by atoms with Gasteiger partial charge in [0, 0.05) is 6.54 Å². The van der Waals surface area contributed by atoms with E-state index in [-0.39, 0.29) is 18.1 Å². The van der Waals surface area contributed by atoms with E-state index in [0.717, 1.165) is 11.1 Å². The van der Waals surface area contributed by atoms with Gasteiger partial charge < -0.3 is 9.84 Å². The maximum atomic E-state index is 12.2. The van der Waals surface area contributed by atoms with Gasteiger partial charge in [0.05, 0.1) is 10.5 Å². The molecule has 0 aliphatic carbocycles. The molecule has 27 heavy (non-hydrogen) atoms. The van der Waals surface area contributed by atoms with Crippen LogP contribution in [0.25, 0.3) is 6.08 Å². The fourth-order valence-electron chi connectivity index (χ4n) is 2.55. The lowest BCUT2D eigenvalue weighted by Crippen LogP contribution is -2.27. The van der Waals surface area contributed by atoms with Crippen LogP contribution in [-0.2, 0) is 11.4 Å². The molecule has 0 unspecified atom stereocenters. The van der Waals surface area contributed by atoms with Gasteiger partial charge in [0.2, 0.25) is 0 Å². The number of hydrogen-bond donors (Lipinski definition) is 1. The summed E-state index contributed by atoms with van der Waals surface area (Å²) in [7, 11) is 0. The minimum absolute atomic E-state index is 0.0638. The Morgan fingerprint density at radius 3 is 2.63 bits per heavy atom. The molecule has 1 fully saturated rings. The number of carbonyl (C=O) groups is 2. The lowest BCUT2D eigenvalue weighted by molar-refractivity contribution is -0.121. The van der Waals surface area contributed by atoms with Gasteiger partial charge in [0.25, 0.3) is 5.91 Å². The summed E-state index contributed by atoms with van der Waals surface area (Å²) < 4.78 is 6.29. The van der Waals surface area contributed by atoms with E-state index in [1.807, 2.05) is 43.3 Å². The number of ether oxygens (including phenoxy) is 1. The minimum atomic E-state index is -0.963. The first-order valence-corrected chi connectivity index (χ1v) is 9.51. The number of likely N-dealkylation sites (N-methyl/N-ethyl adjacent to an activating group) is 1. The predicted molar refractivity (Wildman–Crippen MR) is 110 cm³/mol. The topological polar surface area (TPSA) is 66.8 Å². The van der Waals surface area contributed by atoms with Crippen molar-refractivity contribution in [3.8, 4) is 5.75 Å². The van der Waals surface area contributed by atoms with Gasteiger partial charge in [0.15, 0.2) is 0 Å². The van der Waals surface area contributed by atoms with E-state index >= 15 is 0 Å². The molecule has 5 nitrogen and oxygen atoms in total. The zero-order valence-corrected chi connectivity index (χ0v) is 16.2. The molecule has 0 bridgehead atoms. The van der Waals surface area contributed by atoms with Crippen LogP contribution in [0.4, 0.5) is 0 Å². The summed E-state index contributed by atoms with van der Waals surface area (Å²) in [5.74, 6) is -0.366. The molecule has 1 aliphatic heterocycles. The van der Waals surface area contributed by atoms with Gasteiger partial charge in [-0.3, -0.25) is 9.69 Å². The van der Waals surface area contributed by atoms with Crippen molar-refractivity contribution in [1.29, 1.82) is 0 Å². The smallest absolute Gasteiger partial charge is 0.335 e. The number of hydrogen-bond acceptors (Lipinski definition) is 5. The normalized spacial score (nSPS) is 15.4. The number of amides is 1. The van der Waals surface area contributed by atoms with Gasteiger partial charge in [0.1, 0.15) is 16.7 Å². The molecule has 0 spiro atoms. The molecule has 1 amide bonds. The zero-order chi connectivity index (χ0) is 19.4. The third-order valence-electron chi connectivity index (χ3n) is 3.95. The van der Waals surface area contributed by atoms with E-state index in [2.05, 4.69) is 0 Å². The summed E-state index contributed by atoms with van der Waals surface area (Å²) in [5.41, 5.74) is 1.89. The average molecular weight is 399 g/mol. The molecule has 2 aromatic carbocycles. The molecule has 7 heteroatoms. The fourth-order valence-corrected chi connectivity index (χ4v) is 3.93. The van der Waals surface area contributed by atoms with Crippen molar-refractivity contribution in [3.05, 3.63) is 70.1 Å². The van der Waals surface area contributed by atoms with Crippen LogP contribution in [0.3, 0.4) is 0 Å². The van der Waals surface area contributed by atoms with Gasteiger partial charge in [-0.1, -0.05) is 48.2 Å². The van der Waals surface area contributed by atoms with Crippen molar-refractivity contribution in [3.63, 3.8) is 0 Å². The maximum Gasteiger partial charge on any atom is 0.335 e. The standard InChI is InChI=1S/C20H17NO4S2/c1-2-21-18(22)17(27-20(21)26)11-13-6-8-16(9-7-13)25-12-14-4-3-5-15(10-14)19(23)24/h3-11H,2,12H2,1H3,(H,23,24). The number of carboxylic acids is 1. The van der Waals surface area contributed by atoms with E-state index in [1.165, 1.54) is 11.8 Å². The molecule has 1 heterocycles. The van der Waals surface area contributed by atoms with E-state index in [9.17, 15) is 9.59 Å². The highest BCUT2D eigenvalue weighted by molar-refractivity contribution is 8.26. The number of thiocarbonyl (C=S) groups is 1. The quantitative estimate of drug-likeness (QED) is 0.580. The van der Waals surface area contributed by atoms with E-state index in [0.29, 0.717) is 21.5 Å². The molecule has 1 aliphatic rings.